The van der Waals surface area contributed by atoms with Gasteiger partial charge in [-0.2, -0.15) is 4.31 Å². The summed E-state index contributed by atoms with van der Waals surface area (Å²) in [6.45, 7) is 4.66. The summed E-state index contributed by atoms with van der Waals surface area (Å²) in [5, 5.41) is 0.504. The van der Waals surface area contributed by atoms with Crippen molar-refractivity contribution in [3.05, 3.63) is 27.7 Å². The second kappa shape index (κ2) is 6.96. The van der Waals surface area contributed by atoms with Gasteiger partial charge in [-0.05, 0) is 60.1 Å². The predicted octanol–water partition coefficient (Wildman–Crippen LogP) is 3.21. The van der Waals surface area contributed by atoms with Gasteiger partial charge in [-0.1, -0.05) is 18.5 Å². The molecule has 0 amide bonds. The van der Waals surface area contributed by atoms with Gasteiger partial charge in [0.15, 0.2) is 0 Å². The molecule has 7 heteroatoms. The lowest BCUT2D eigenvalue weighted by Gasteiger charge is -2.27. The lowest BCUT2D eigenvalue weighted by atomic mass is 10.2. The van der Waals surface area contributed by atoms with Crippen molar-refractivity contribution in [3.8, 4) is 0 Å². The maximum atomic E-state index is 12.6. The van der Waals surface area contributed by atoms with Crippen LogP contribution in [0.4, 0.5) is 0 Å². The maximum absolute atomic E-state index is 12.6. The van der Waals surface area contributed by atoms with Gasteiger partial charge >= 0.3 is 0 Å². The average Bonchev–Trinajstić information content (AvgIpc) is 2.88. The van der Waals surface area contributed by atoms with E-state index in [2.05, 4.69) is 27.8 Å². The zero-order valence-electron chi connectivity index (χ0n) is 12.2. The minimum atomic E-state index is -3.48. The van der Waals surface area contributed by atoms with Crippen molar-refractivity contribution in [3.63, 3.8) is 0 Å². The summed E-state index contributed by atoms with van der Waals surface area (Å²) >= 11 is 9.20. The molecule has 1 unspecified atom stereocenters. The Balaban J connectivity index is 2.16. The van der Waals surface area contributed by atoms with Gasteiger partial charge in [0.05, 0.1) is 9.92 Å². The number of halogens is 2. The Kier molecular flexibility index (Phi) is 5.71. The normalized spacial score (nSPS) is 20.3. The first kappa shape index (κ1) is 17.2. The number of hydrogen-bond acceptors (Lipinski definition) is 3. The van der Waals surface area contributed by atoms with E-state index in [1.165, 1.54) is 4.31 Å². The zero-order valence-corrected chi connectivity index (χ0v) is 15.4. The van der Waals surface area contributed by atoms with Gasteiger partial charge < -0.3 is 0 Å². The Morgan fingerprint density at radius 1 is 1.48 bits per heavy atom. The molecule has 1 heterocycles. The van der Waals surface area contributed by atoms with Gasteiger partial charge in [-0.3, -0.25) is 4.90 Å². The largest absolute Gasteiger partial charge is 0.299 e. The highest BCUT2D eigenvalue weighted by Crippen LogP contribution is 2.27. The number of sulfonamides is 1. The van der Waals surface area contributed by atoms with Crippen LogP contribution in [0.25, 0.3) is 0 Å². The third-order valence-corrected chi connectivity index (χ3v) is 7.01. The smallest absolute Gasteiger partial charge is 0.242 e. The molecule has 1 aliphatic rings. The molecule has 1 saturated heterocycles. The number of rotatable bonds is 5. The van der Waals surface area contributed by atoms with E-state index >= 15 is 0 Å². The van der Waals surface area contributed by atoms with Crippen LogP contribution in [0.2, 0.25) is 5.02 Å². The molecule has 0 radical (unpaired) electrons. The number of likely N-dealkylation sites (N-methyl/N-ethyl adjacent to an activating group) is 2. The first-order valence-electron chi connectivity index (χ1n) is 7.01. The molecule has 1 atom stereocenters. The standard InChI is InChI=1S/C14H20BrClN2O2S/c1-3-18-8-4-5-11(18)10-17(2)21(19,20)12-6-7-14(16)13(15)9-12/h6-7,9,11H,3-5,8,10H2,1-2H3. The predicted molar refractivity (Wildman–Crippen MR) is 89.2 cm³/mol. The van der Waals surface area contributed by atoms with E-state index in [1.807, 2.05) is 0 Å². The Morgan fingerprint density at radius 3 is 2.81 bits per heavy atom. The van der Waals surface area contributed by atoms with Crippen molar-refractivity contribution >= 4 is 37.6 Å². The Hall–Kier alpha value is -0.140. The molecule has 0 bridgehead atoms. The third-order valence-electron chi connectivity index (χ3n) is 3.97. The SMILES string of the molecule is CCN1CCCC1CN(C)S(=O)(=O)c1ccc(Cl)c(Br)c1. The van der Waals surface area contributed by atoms with Crippen LogP contribution in [0, 0.1) is 0 Å². The van der Waals surface area contributed by atoms with Gasteiger partial charge in [-0.25, -0.2) is 8.42 Å². The molecule has 0 aliphatic carbocycles. The van der Waals surface area contributed by atoms with E-state index in [0.29, 0.717) is 22.1 Å². The quantitative estimate of drug-likeness (QED) is 0.768. The molecule has 1 aromatic carbocycles. The van der Waals surface area contributed by atoms with E-state index in [0.717, 1.165) is 25.9 Å². The van der Waals surface area contributed by atoms with E-state index < -0.39 is 10.0 Å². The molecular weight excluding hydrogens is 376 g/mol. The molecule has 4 nitrogen and oxygen atoms in total. The van der Waals surface area contributed by atoms with Crippen LogP contribution in [0.3, 0.4) is 0 Å². The molecule has 1 fully saturated rings. The van der Waals surface area contributed by atoms with E-state index in [1.54, 1.807) is 25.2 Å². The highest BCUT2D eigenvalue weighted by Gasteiger charge is 2.29. The summed E-state index contributed by atoms with van der Waals surface area (Å²) in [5.74, 6) is 0. The summed E-state index contributed by atoms with van der Waals surface area (Å²) in [7, 11) is -1.84. The lowest BCUT2D eigenvalue weighted by molar-refractivity contribution is 0.237. The fraction of sp³-hybridized carbons (Fsp3) is 0.571. The van der Waals surface area contributed by atoms with Crippen LogP contribution < -0.4 is 0 Å². The van der Waals surface area contributed by atoms with Gasteiger partial charge in [0.25, 0.3) is 0 Å². The second-order valence-corrected chi connectivity index (χ2v) is 8.59. The van der Waals surface area contributed by atoms with Gasteiger partial charge in [0.1, 0.15) is 0 Å². The Morgan fingerprint density at radius 2 is 2.19 bits per heavy atom. The first-order chi connectivity index (χ1) is 9.86. The Bertz CT molecular complexity index is 609. The van der Waals surface area contributed by atoms with Crippen molar-refractivity contribution in [2.75, 3.05) is 26.7 Å². The van der Waals surface area contributed by atoms with Crippen LogP contribution in [-0.4, -0.2) is 50.3 Å². The number of likely N-dealkylation sites (tertiary alicyclic amines) is 1. The molecule has 1 aromatic rings. The van der Waals surface area contributed by atoms with Crippen molar-refractivity contribution in [2.45, 2.75) is 30.7 Å². The molecular formula is C14H20BrClN2O2S. The van der Waals surface area contributed by atoms with Crippen LogP contribution >= 0.6 is 27.5 Å². The minimum absolute atomic E-state index is 0.266. The monoisotopic (exact) mass is 394 g/mol. The van der Waals surface area contributed by atoms with E-state index in [-0.39, 0.29) is 4.90 Å². The van der Waals surface area contributed by atoms with E-state index in [9.17, 15) is 8.42 Å². The molecule has 0 aromatic heterocycles. The Labute approximate surface area is 140 Å². The van der Waals surface area contributed by atoms with Crippen LogP contribution in [0.1, 0.15) is 19.8 Å². The fourth-order valence-corrected chi connectivity index (χ4v) is 4.61. The topological polar surface area (TPSA) is 40.6 Å². The summed E-state index contributed by atoms with van der Waals surface area (Å²) in [6, 6.07) is 5.01. The minimum Gasteiger partial charge on any atom is -0.299 e. The first-order valence-corrected chi connectivity index (χ1v) is 9.62. The average molecular weight is 396 g/mol. The number of hydrogen-bond donors (Lipinski definition) is 0. The van der Waals surface area contributed by atoms with Crippen LogP contribution in [-0.2, 0) is 10.0 Å². The summed E-state index contributed by atoms with van der Waals surface area (Å²) in [6.07, 6.45) is 2.19. The highest BCUT2D eigenvalue weighted by atomic mass is 79.9. The highest BCUT2D eigenvalue weighted by molar-refractivity contribution is 9.10. The molecule has 0 saturated carbocycles. The fourth-order valence-electron chi connectivity index (χ4n) is 2.73. The molecule has 118 valence electrons. The van der Waals surface area contributed by atoms with Gasteiger partial charge in [0.2, 0.25) is 10.0 Å². The van der Waals surface area contributed by atoms with Gasteiger partial charge in [0, 0.05) is 24.1 Å². The number of benzene rings is 1. The van der Waals surface area contributed by atoms with Crippen molar-refractivity contribution in [2.24, 2.45) is 0 Å². The molecule has 21 heavy (non-hydrogen) atoms. The molecule has 1 aliphatic heterocycles. The second-order valence-electron chi connectivity index (χ2n) is 5.29. The van der Waals surface area contributed by atoms with Crippen LogP contribution in [0.15, 0.2) is 27.6 Å². The van der Waals surface area contributed by atoms with Crippen molar-refractivity contribution in [1.82, 2.24) is 9.21 Å². The third kappa shape index (κ3) is 3.79. The lowest BCUT2D eigenvalue weighted by Crippen LogP contribution is -2.41. The molecule has 0 spiro atoms. The number of nitrogens with zero attached hydrogens (tertiary/aromatic N) is 2. The van der Waals surface area contributed by atoms with E-state index in [4.69, 9.17) is 11.6 Å². The summed E-state index contributed by atoms with van der Waals surface area (Å²) < 4.78 is 27.3. The summed E-state index contributed by atoms with van der Waals surface area (Å²) in [5.41, 5.74) is 0. The zero-order chi connectivity index (χ0) is 15.6. The summed E-state index contributed by atoms with van der Waals surface area (Å²) in [4.78, 5) is 2.60. The molecule has 0 N–H and O–H groups in total. The van der Waals surface area contributed by atoms with Gasteiger partial charge in [-0.15, -0.1) is 0 Å². The van der Waals surface area contributed by atoms with Crippen molar-refractivity contribution < 1.29 is 8.42 Å². The molecule has 2 rings (SSSR count). The maximum Gasteiger partial charge on any atom is 0.242 e. The van der Waals surface area contributed by atoms with Crippen LogP contribution in [0.5, 0.6) is 0 Å². The van der Waals surface area contributed by atoms with Crippen molar-refractivity contribution in [1.29, 1.82) is 0 Å².